The molecule has 0 aliphatic carbocycles. The summed E-state index contributed by atoms with van der Waals surface area (Å²) in [4.78, 5) is 40.2. The summed E-state index contributed by atoms with van der Waals surface area (Å²) in [6.45, 7) is 2.75. The van der Waals surface area contributed by atoms with Crippen LogP contribution in [0.2, 0.25) is 0 Å². The number of rotatable bonds is 10. The molecule has 5 rings (SSSR count). The highest BCUT2D eigenvalue weighted by Crippen LogP contribution is 2.33. The van der Waals surface area contributed by atoms with Crippen molar-refractivity contribution in [3.63, 3.8) is 0 Å². The second-order valence-corrected chi connectivity index (χ2v) is 11.1. The molecule has 1 heterocycles. The van der Waals surface area contributed by atoms with Crippen molar-refractivity contribution in [2.24, 2.45) is 0 Å². The smallest absolute Gasteiger partial charge is 0.272 e. The number of methoxy groups -OCH3 is 1. The summed E-state index contributed by atoms with van der Waals surface area (Å²) in [5.41, 5.74) is 2.18. The van der Waals surface area contributed by atoms with Gasteiger partial charge in [0.25, 0.3) is 11.8 Å². The SMILES string of the molecule is COc1ccccc1/C=C(/NC(=O)c1ccccc1)C(=O)Nc1cccc(SC(C)C(=O)Nc2ccc3c(c2)OCCO3)c1. The first-order valence-electron chi connectivity index (χ1n) is 13.9. The van der Waals surface area contributed by atoms with E-state index in [-0.39, 0.29) is 11.6 Å². The van der Waals surface area contributed by atoms with Crippen molar-refractivity contribution in [1.82, 2.24) is 5.32 Å². The van der Waals surface area contributed by atoms with E-state index in [0.717, 1.165) is 4.90 Å². The Labute approximate surface area is 259 Å². The molecule has 4 aromatic carbocycles. The van der Waals surface area contributed by atoms with Gasteiger partial charge >= 0.3 is 0 Å². The lowest BCUT2D eigenvalue weighted by Gasteiger charge is -2.19. The van der Waals surface area contributed by atoms with E-state index in [0.29, 0.717) is 53.0 Å². The van der Waals surface area contributed by atoms with Crippen LogP contribution in [-0.4, -0.2) is 43.3 Å². The third-order valence-electron chi connectivity index (χ3n) is 6.55. The molecule has 0 radical (unpaired) electrons. The zero-order valence-electron chi connectivity index (χ0n) is 24.2. The maximum atomic E-state index is 13.5. The molecule has 0 spiro atoms. The number of fused-ring (bicyclic) bond motifs is 1. The highest BCUT2D eigenvalue weighted by atomic mass is 32.2. The fourth-order valence-electron chi connectivity index (χ4n) is 4.35. The van der Waals surface area contributed by atoms with Gasteiger partial charge < -0.3 is 30.2 Å². The Kier molecular flexibility index (Phi) is 9.83. The van der Waals surface area contributed by atoms with E-state index in [4.69, 9.17) is 14.2 Å². The van der Waals surface area contributed by atoms with E-state index in [1.807, 2.05) is 24.3 Å². The molecule has 3 N–H and O–H groups in total. The van der Waals surface area contributed by atoms with Gasteiger partial charge in [0.05, 0.1) is 12.4 Å². The van der Waals surface area contributed by atoms with Crippen LogP contribution < -0.4 is 30.2 Å². The second kappa shape index (κ2) is 14.3. The summed E-state index contributed by atoms with van der Waals surface area (Å²) in [7, 11) is 1.54. The second-order valence-electron chi connectivity index (χ2n) is 9.71. The topological polar surface area (TPSA) is 115 Å². The summed E-state index contributed by atoms with van der Waals surface area (Å²) < 4.78 is 16.6. The van der Waals surface area contributed by atoms with Crippen LogP contribution in [0.5, 0.6) is 17.2 Å². The number of para-hydroxylation sites is 1. The molecule has 44 heavy (non-hydrogen) atoms. The van der Waals surface area contributed by atoms with Crippen molar-refractivity contribution in [3.8, 4) is 17.2 Å². The largest absolute Gasteiger partial charge is 0.496 e. The zero-order valence-corrected chi connectivity index (χ0v) is 25.0. The maximum Gasteiger partial charge on any atom is 0.272 e. The number of carbonyl (C=O) groups is 3. The van der Waals surface area contributed by atoms with Crippen LogP contribution >= 0.6 is 11.8 Å². The number of hydrogen-bond donors (Lipinski definition) is 3. The van der Waals surface area contributed by atoms with Crippen molar-refractivity contribution >= 4 is 46.9 Å². The lowest BCUT2D eigenvalue weighted by molar-refractivity contribution is -0.115. The Bertz CT molecular complexity index is 1690. The van der Waals surface area contributed by atoms with E-state index < -0.39 is 17.1 Å². The third-order valence-corrected chi connectivity index (χ3v) is 7.65. The quantitative estimate of drug-likeness (QED) is 0.149. The molecule has 4 aromatic rings. The Morgan fingerprint density at radius 3 is 2.34 bits per heavy atom. The minimum atomic E-state index is -0.522. The Morgan fingerprint density at radius 1 is 0.818 bits per heavy atom. The maximum absolute atomic E-state index is 13.5. The molecule has 0 saturated heterocycles. The van der Waals surface area contributed by atoms with Crippen LogP contribution in [0.3, 0.4) is 0 Å². The first-order valence-corrected chi connectivity index (χ1v) is 14.8. The van der Waals surface area contributed by atoms with Gasteiger partial charge in [0.15, 0.2) is 11.5 Å². The monoisotopic (exact) mass is 609 g/mol. The minimum absolute atomic E-state index is 0.0357. The highest BCUT2D eigenvalue weighted by Gasteiger charge is 2.19. The molecule has 0 saturated carbocycles. The van der Waals surface area contributed by atoms with Crippen LogP contribution in [0, 0.1) is 0 Å². The van der Waals surface area contributed by atoms with E-state index >= 15 is 0 Å². The van der Waals surface area contributed by atoms with Crippen LogP contribution in [0.1, 0.15) is 22.8 Å². The molecule has 0 bridgehead atoms. The van der Waals surface area contributed by atoms with E-state index in [9.17, 15) is 14.4 Å². The van der Waals surface area contributed by atoms with Crippen molar-refractivity contribution in [1.29, 1.82) is 0 Å². The number of thioether (sulfide) groups is 1. The molecular weight excluding hydrogens is 578 g/mol. The molecule has 224 valence electrons. The summed E-state index contributed by atoms with van der Waals surface area (Å²) >= 11 is 1.34. The third kappa shape index (κ3) is 7.78. The number of carbonyl (C=O) groups excluding carboxylic acids is 3. The van der Waals surface area contributed by atoms with Crippen LogP contribution in [0.4, 0.5) is 11.4 Å². The summed E-state index contributed by atoms with van der Waals surface area (Å²) in [5, 5.41) is 8.07. The van der Waals surface area contributed by atoms with Gasteiger partial charge in [-0.3, -0.25) is 14.4 Å². The van der Waals surface area contributed by atoms with Gasteiger partial charge in [0.2, 0.25) is 5.91 Å². The molecule has 10 heteroatoms. The van der Waals surface area contributed by atoms with Crippen molar-refractivity contribution in [3.05, 3.63) is 114 Å². The summed E-state index contributed by atoms with van der Waals surface area (Å²) in [6, 6.07) is 28.3. The van der Waals surface area contributed by atoms with Crippen molar-refractivity contribution in [2.75, 3.05) is 31.0 Å². The number of amides is 3. The van der Waals surface area contributed by atoms with Crippen molar-refractivity contribution < 1.29 is 28.6 Å². The van der Waals surface area contributed by atoms with Gasteiger partial charge in [0.1, 0.15) is 24.7 Å². The molecule has 1 unspecified atom stereocenters. The van der Waals surface area contributed by atoms with Gasteiger partial charge in [-0.25, -0.2) is 0 Å². The number of ether oxygens (including phenoxy) is 3. The predicted octanol–water partition coefficient (Wildman–Crippen LogP) is 6.00. The average molecular weight is 610 g/mol. The van der Waals surface area contributed by atoms with Crippen molar-refractivity contribution in [2.45, 2.75) is 17.1 Å². The minimum Gasteiger partial charge on any atom is -0.496 e. The molecule has 0 aromatic heterocycles. The highest BCUT2D eigenvalue weighted by molar-refractivity contribution is 8.00. The first-order chi connectivity index (χ1) is 21.4. The lowest BCUT2D eigenvalue weighted by atomic mass is 10.1. The molecular formula is C34H31N3O6S. The van der Waals surface area contributed by atoms with Gasteiger partial charge in [-0.05, 0) is 61.5 Å². The fraction of sp³-hybridized carbons (Fsp3) is 0.147. The molecule has 1 atom stereocenters. The average Bonchev–Trinajstić information content (AvgIpc) is 3.05. The van der Waals surface area contributed by atoms with Gasteiger partial charge in [0, 0.05) is 33.5 Å². The summed E-state index contributed by atoms with van der Waals surface area (Å²) in [5.74, 6) is 0.657. The van der Waals surface area contributed by atoms with Crippen LogP contribution in [0.25, 0.3) is 6.08 Å². The fourth-order valence-corrected chi connectivity index (χ4v) is 5.28. The summed E-state index contributed by atoms with van der Waals surface area (Å²) in [6.07, 6.45) is 1.57. The van der Waals surface area contributed by atoms with E-state index in [2.05, 4.69) is 16.0 Å². The number of benzene rings is 4. The molecule has 9 nitrogen and oxygen atoms in total. The Hall–Kier alpha value is -5.22. The van der Waals surface area contributed by atoms with E-state index in [1.54, 1.807) is 85.8 Å². The lowest BCUT2D eigenvalue weighted by Crippen LogP contribution is -2.30. The van der Waals surface area contributed by atoms with Gasteiger partial charge in [-0.1, -0.05) is 42.5 Å². The first kappa shape index (κ1) is 30.2. The number of hydrogen-bond acceptors (Lipinski definition) is 7. The normalized spacial score (nSPS) is 12.9. The molecule has 1 aliphatic rings. The van der Waals surface area contributed by atoms with Crippen LogP contribution in [-0.2, 0) is 9.59 Å². The Morgan fingerprint density at radius 2 is 1.55 bits per heavy atom. The predicted molar refractivity (Wildman–Crippen MR) is 171 cm³/mol. The number of anilines is 2. The van der Waals surface area contributed by atoms with E-state index in [1.165, 1.54) is 18.9 Å². The zero-order chi connectivity index (χ0) is 30.9. The van der Waals surface area contributed by atoms with Crippen LogP contribution in [0.15, 0.2) is 108 Å². The van der Waals surface area contributed by atoms with Gasteiger partial charge in [-0.2, -0.15) is 0 Å². The molecule has 3 amide bonds. The standard InChI is InChI=1S/C34H31N3O6S/c1-22(32(38)35-26-15-16-30-31(21-26)43-18-17-42-30)44-27-13-8-12-25(20-27)36-34(40)28(19-24-11-6-7-14-29(24)41-2)37-33(39)23-9-4-3-5-10-23/h3-16,19-22H,17-18H2,1-2H3,(H,35,38)(H,36,40)(H,37,39)/b28-19+. The number of nitrogens with one attached hydrogen (secondary N) is 3. The molecule has 0 fully saturated rings. The molecule has 1 aliphatic heterocycles. The van der Waals surface area contributed by atoms with Gasteiger partial charge in [-0.15, -0.1) is 11.8 Å². The Balaban J connectivity index is 1.28.